The fourth-order valence-corrected chi connectivity index (χ4v) is 3.57. The molecule has 2 aromatic carbocycles. The van der Waals surface area contributed by atoms with Crippen LogP contribution in [0, 0.1) is 0 Å². The molecule has 0 unspecified atom stereocenters. The van der Waals surface area contributed by atoms with Crippen LogP contribution in [0.15, 0.2) is 42.1 Å². The van der Waals surface area contributed by atoms with E-state index in [4.69, 9.17) is 38.0 Å². The van der Waals surface area contributed by atoms with E-state index in [0.29, 0.717) is 51.8 Å². The lowest BCUT2D eigenvalue weighted by atomic mass is 10.1. The largest absolute Gasteiger partial charge is 0.494 e. The van der Waals surface area contributed by atoms with Gasteiger partial charge < -0.3 is 19.1 Å². The molecule has 1 heterocycles. The number of thiocarbonyl (C=S) groups is 1. The van der Waals surface area contributed by atoms with Gasteiger partial charge in [-0.3, -0.25) is 9.69 Å². The van der Waals surface area contributed by atoms with Crippen LogP contribution in [0.1, 0.15) is 19.4 Å². The van der Waals surface area contributed by atoms with Gasteiger partial charge in [0.15, 0.2) is 16.6 Å². The molecule has 0 aromatic heterocycles. The van der Waals surface area contributed by atoms with E-state index in [2.05, 4.69) is 0 Å². The minimum absolute atomic E-state index is 0.240. The molecule has 1 fully saturated rings. The first-order chi connectivity index (χ1) is 14.4. The van der Waals surface area contributed by atoms with E-state index in [9.17, 15) is 4.79 Å². The van der Waals surface area contributed by atoms with Crippen molar-refractivity contribution in [1.82, 2.24) is 4.90 Å². The second-order valence-corrected chi connectivity index (χ2v) is 7.17. The normalized spacial score (nSPS) is 15.2. The highest BCUT2D eigenvalue weighted by atomic mass is 35.5. The topological polar surface area (TPSA) is 51.2 Å². The molecule has 6 nitrogen and oxygen atoms in total. The van der Waals surface area contributed by atoms with E-state index >= 15 is 0 Å². The summed E-state index contributed by atoms with van der Waals surface area (Å²) in [7, 11) is 3.30. The van der Waals surface area contributed by atoms with E-state index < -0.39 is 0 Å². The second kappa shape index (κ2) is 9.36. The van der Waals surface area contributed by atoms with Crippen LogP contribution in [0.4, 0.5) is 5.69 Å². The molecule has 30 heavy (non-hydrogen) atoms. The summed E-state index contributed by atoms with van der Waals surface area (Å²) >= 11 is 12.0. The van der Waals surface area contributed by atoms with E-state index in [1.54, 1.807) is 49.4 Å². The maximum Gasteiger partial charge on any atom is 0.281 e. The van der Waals surface area contributed by atoms with Crippen LogP contribution >= 0.6 is 23.8 Å². The molecule has 0 N–H and O–H groups in total. The molecule has 8 heteroatoms. The van der Waals surface area contributed by atoms with Crippen LogP contribution in [0.5, 0.6) is 17.2 Å². The predicted molar refractivity (Wildman–Crippen MR) is 123 cm³/mol. The molecule has 2 aromatic rings. The number of carbonyl (C=O) groups is 1. The number of halogens is 1. The Labute approximate surface area is 186 Å². The fourth-order valence-electron chi connectivity index (χ4n) is 3.08. The lowest BCUT2D eigenvalue weighted by Gasteiger charge is -2.16. The van der Waals surface area contributed by atoms with Crippen LogP contribution < -0.4 is 19.1 Å². The summed E-state index contributed by atoms with van der Waals surface area (Å²) in [6, 6.07) is 10.6. The van der Waals surface area contributed by atoms with Gasteiger partial charge in [0.1, 0.15) is 11.4 Å². The lowest BCUT2D eigenvalue weighted by molar-refractivity contribution is -0.114. The Bertz CT molecular complexity index is 991. The highest BCUT2D eigenvalue weighted by Crippen LogP contribution is 2.36. The van der Waals surface area contributed by atoms with Gasteiger partial charge in [0.2, 0.25) is 0 Å². The van der Waals surface area contributed by atoms with E-state index in [-0.39, 0.29) is 5.91 Å². The number of hydrogen-bond donors (Lipinski definition) is 0. The van der Waals surface area contributed by atoms with Gasteiger partial charge in [-0.15, -0.1) is 0 Å². The third kappa shape index (κ3) is 4.22. The zero-order valence-corrected chi connectivity index (χ0v) is 18.8. The number of ether oxygens (including phenoxy) is 3. The van der Waals surface area contributed by atoms with Crippen LogP contribution in [-0.2, 0) is 4.79 Å². The van der Waals surface area contributed by atoms with Crippen LogP contribution in [-0.4, -0.2) is 43.3 Å². The van der Waals surface area contributed by atoms with Gasteiger partial charge in [-0.05, 0) is 68.0 Å². The van der Waals surface area contributed by atoms with Crippen molar-refractivity contribution in [2.75, 3.05) is 32.3 Å². The van der Waals surface area contributed by atoms with Gasteiger partial charge in [0.05, 0.1) is 31.0 Å². The van der Waals surface area contributed by atoms with Gasteiger partial charge >= 0.3 is 0 Å². The summed E-state index contributed by atoms with van der Waals surface area (Å²) in [5, 5.41) is 0.822. The average Bonchev–Trinajstić information content (AvgIpc) is 2.94. The number of benzene rings is 2. The van der Waals surface area contributed by atoms with Gasteiger partial charge in [0.25, 0.3) is 5.91 Å². The molecule has 0 atom stereocenters. The van der Waals surface area contributed by atoms with Gasteiger partial charge in [-0.2, -0.15) is 0 Å². The molecule has 1 saturated heterocycles. The van der Waals surface area contributed by atoms with Crippen molar-refractivity contribution in [2.45, 2.75) is 13.8 Å². The number of carbonyl (C=O) groups excluding carboxylic acids is 1. The zero-order chi connectivity index (χ0) is 21.8. The summed E-state index contributed by atoms with van der Waals surface area (Å²) in [6.45, 7) is 4.86. The lowest BCUT2D eigenvalue weighted by Crippen LogP contribution is -2.31. The number of likely N-dealkylation sites (N-methyl/N-ethyl adjacent to an activating group) is 1. The Kier molecular flexibility index (Phi) is 6.84. The molecule has 1 aliphatic rings. The quantitative estimate of drug-likeness (QED) is 0.452. The van der Waals surface area contributed by atoms with Crippen molar-refractivity contribution >= 4 is 46.6 Å². The molecule has 0 radical (unpaired) electrons. The highest BCUT2D eigenvalue weighted by molar-refractivity contribution is 7.80. The van der Waals surface area contributed by atoms with E-state index in [1.807, 2.05) is 26.0 Å². The molecule has 3 rings (SSSR count). The third-order valence-electron chi connectivity index (χ3n) is 4.54. The zero-order valence-electron chi connectivity index (χ0n) is 17.3. The second-order valence-electron chi connectivity index (χ2n) is 6.40. The number of methoxy groups -OCH3 is 1. The van der Waals surface area contributed by atoms with Gasteiger partial charge in [-0.1, -0.05) is 11.6 Å². The molecule has 158 valence electrons. The SMILES string of the molecule is CCOc1ccc(N2C(=O)/C(=C/c3cc(OC)c(OCC)cc3Cl)N(C)C2=S)cc1. The minimum Gasteiger partial charge on any atom is -0.494 e. The Morgan fingerprint density at radius 2 is 1.73 bits per heavy atom. The smallest absolute Gasteiger partial charge is 0.281 e. The third-order valence-corrected chi connectivity index (χ3v) is 5.33. The van der Waals surface area contributed by atoms with Crippen LogP contribution in [0.2, 0.25) is 5.02 Å². The van der Waals surface area contributed by atoms with E-state index in [0.717, 1.165) is 5.75 Å². The monoisotopic (exact) mass is 446 g/mol. The van der Waals surface area contributed by atoms with E-state index in [1.165, 1.54) is 4.90 Å². The van der Waals surface area contributed by atoms with Crippen molar-refractivity contribution in [1.29, 1.82) is 0 Å². The Balaban J connectivity index is 1.96. The Hall–Kier alpha value is -2.77. The highest BCUT2D eigenvalue weighted by Gasteiger charge is 2.37. The maximum absolute atomic E-state index is 13.2. The van der Waals surface area contributed by atoms with Gasteiger partial charge in [-0.25, -0.2) is 0 Å². The van der Waals surface area contributed by atoms with Crippen molar-refractivity contribution in [3.05, 3.63) is 52.7 Å². The van der Waals surface area contributed by atoms with Crippen molar-refractivity contribution in [3.63, 3.8) is 0 Å². The number of amides is 1. The molecular weight excluding hydrogens is 424 g/mol. The van der Waals surface area contributed by atoms with Crippen LogP contribution in [0.3, 0.4) is 0 Å². The first kappa shape index (κ1) is 21.9. The first-order valence-corrected chi connectivity index (χ1v) is 10.3. The summed E-state index contributed by atoms with van der Waals surface area (Å²) < 4.78 is 16.4. The number of rotatable bonds is 7. The number of anilines is 1. The first-order valence-electron chi connectivity index (χ1n) is 9.48. The number of hydrogen-bond acceptors (Lipinski definition) is 5. The summed E-state index contributed by atoms with van der Waals surface area (Å²) in [4.78, 5) is 16.3. The Morgan fingerprint density at radius 3 is 2.33 bits per heavy atom. The summed E-state index contributed by atoms with van der Waals surface area (Å²) in [5.41, 5.74) is 1.70. The fraction of sp³-hybridized carbons (Fsp3) is 0.273. The molecule has 1 aliphatic heterocycles. The standard InChI is InChI=1S/C22H23ClN2O4S/c1-5-28-16-9-7-15(8-10-16)25-21(26)18(24(3)22(25)30)11-14-12-19(27-4)20(29-6-2)13-17(14)23/h7-13H,5-6H2,1-4H3/b18-11-. The molecule has 0 aliphatic carbocycles. The molecule has 0 spiro atoms. The molecule has 0 bridgehead atoms. The molecule has 0 saturated carbocycles. The van der Waals surface area contributed by atoms with Crippen molar-refractivity contribution < 1.29 is 19.0 Å². The van der Waals surface area contributed by atoms with Crippen molar-refractivity contribution in [2.24, 2.45) is 0 Å². The van der Waals surface area contributed by atoms with Crippen molar-refractivity contribution in [3.8, 4) is 17.2 Å². The molecular formula is C22H23ClN2O4S. The average molecular weight is 447 g/mol. The van der Waals surface area contributed by atoms with Crippen LogP contribution in [0.25, 0.3) is 6.08 Å². The minimum atomic E-state index is -0.240. The number of nitrogens with zero attached hydrogens (tertiary/aromatic N) is 2. The summed E-state index contributed by atoms with van der Waals surface area (Å²) in [5.74, 6) is 1.57. The maximum atomic E-state index is 13.2. The molecule has 1 amide bonds. The Morgan fingerprint density at radius 1 is 1.07 bits per heavy atom. The summed E-state index contributed by atoms with van der Waals surface area (Å²) in [6.07, 6.45) is 1.70. The van der Waals surface area contributed by atoms with Gasteiger partial charge in [0, 0.05) is 13.1 Å². The predicted octanol–water partition coefficient (Wildman–Crippen LogP) is 4.75.